The molecule has 1 amide bonds. The van der Waals surface area contributed by atoms with Gasteiger partial charge in [-0.2, -0.15) is 0 Å². The highest BCUT2D eigenvalue weighted by Crippen LogP contribution is 2.27. The number of ketones is 4. The second-order valence-corrected chi connectivity index (χ2v) is 8.45. The van der Waals surface area contributed by atoms with Gasteiger partial charge in [-0.25, -0.2) is 0 Å². The van der Waals surface area contributed by atoms with E-state index in [1.165, 1.54) is 36.4 Å². The molecule has 0 atom stereocenters. The van der Waals surface area contributed by atoms with Crippen molar-refractivity contribution in [3.8, 4) is 0 Å². The van der Waals surface area contributed by atoms with Crippen LogP contribution < -0.4 is 10.6 Å². The van der Waals surface area contributed by atoms with E-state index >= 15 is 0 Å². The van der Waals surface area contributed by atoms with Crippen LogP contribution in [0.1, 0.15) is 32.7 Å². The summed E-state index contributed by atoms with van der Waals surface area (Å²) in [6, 6.07) is 17.3. The number of halogens is 2. The first-order chi connectivity index (χ1) is 16.7. The van der Waals surface area contributed by atoms with Gasteiger partial charge < -0.3 is 10.6 Å². The van der Waals surface area contributed by atoms with Crippen LogP contribution in [0.3, 0.4) is 0 Å². The predicted octanol–water partition coefficient (Wildman–Crippen LogP) is 4.99. The summed E-state index contributed by atoms with van der Waals surface area (Å²) in [5, 5.41) is 5.94. The maximum atomic E-state index is 12.7. The molecule has 9 heteroatoms. The van der Waals surface area contributed by atoms with Gasteiger partial charge in [0.25, 0.3) is 5.91 Å². The number of Topliss-reactive ketones (excluding diaryl/α,β-unsaturated/α-hetero) is 3. The maximum Gasteiger partial charge on any atom is 0.292 e. The lowest BCUT2D eigenvalue weighted by Gasteiger charge is -2.18. The fourth-order valence-corrected chi connectivity index (χ4v) is 3.92. The summed E-state index contributed by atoms with van der Waals surface area (Å²) in [5.74, 6) is -3.74. The quantitative estimate of drug-likeness (QED) is 0.265. The van der Waals surface area contributed by atoms with Gasteiger partial charge in [0.15, 0.2) is 5.78 Å². The summed E-state index contributed by atoms with van der Waals surface area (Å²) in [6.07, 6.45) is 0.550. The fourth-order valence-electron chi connectivity index (χ4n) is 3.46. The number of fused-ring (bicyclic) bond motifs is 1. The van der Waals surface area contributed by atoms with E-state index in [1.807, 2.05) is 0 Å². The van der Waals surface area contributed by atoms with Crippen molar-refractivity contribution < 1.29 is 24.0 Å². The molecule has 174 valence electrons. The van der Waals surface area contributed by atoms with Gasteiger partial charge in [0.1, 0.15) is 0 Å². The average molecular weight is 507 g/mol. The van der Waals surface area contributed by atoms with E-state index < -0.39 is 35.5 Å². The molecule has 7 nitrogen and oxygen atoms in total. The molecule has 4 rings (SSSR count). The van der Waals surface area contributed by atoms with Crippen LogP contribution in [0.25, 0.3) is 5.70 Å². The SMILES string of the molecule is O=C1C=C(Nc2cccc(C(=O)CC(=O)C(=O)Nc3ccc(Cl)cc3Cl)c2)c2ccccc2C1=O. The number of hydrogen-bond acceptors (Lipinski definition) is 6. The van der Waals surface area contributed by atoms with Crippen molar-refractivity contribution in [1.29, 1.82) is 0 Å². The molecule has 3 aromatic carbocycles. The Morgan fingerprint density at radius 2 is 1.57 bits per heavy atom. The Morgan fingerprint density at radius 3 is 2.31 bits per heavy atom. The minimum atomic E-state index is -0.982. The second kappa shape index (κ2) is 10.0. The minimum Gasteiger partial charge on any atom is -0.355 e. The smallest absolute Gasteiger partial charge is 0.292 e. The van der Waals surface area contributed by atoms with Gasteiger partial charge in [0, 0.05) is 33.5 Å². The van der Waals surface area contributed by atoms with E-state index in [0.29, 0.717) is 22.0 Å². The summed E-state index contributed by atoms with van der Waals surface area (Å²) in [4.78, 5) is 61.4. The average Bonchev–Trinajstić information content (AvgIpc) is 2.84. The van der Waals surface area contributed by atoms with Crippen LogP contribution in [0.2, 0.25) is 10.0 Å². The lowest BCUT2D eigenvalue weighted by Crippen LogP contribution is -2.25. The summed E-state index contributed by atoms with van der Waals surface area (Å²) in [7, 11) is 0. The lowest BCUT2D eigenvalue weighted by atomic mass is 9.92. The van der Waals surface area contributed by atoms with Crippen LogP contribution >= 0.6 is 23.2 Å². The van der Waals surface area contributed by atoms with Gasteiger partial charge in [-0.1, -0.05) is 59.6 Å². The first-order valence-electron chi connectivity index (χ1n) is 10.3. The Labute approximate surface area is 209 Å². The van der Waals surface area contributed by atoms with Gasteiger partial charge >= 0.3 is 0 Å². The monoisotopic (exact) mass is 506 g/mol. The summed E-state index contributed by atoms with van der Waals surface area (Å²) in [5.41, 5.74) is 2.09. The zero-order valence-electron chi connectivity index (χ0n) is 17.9. The number of amides is 1. The zero-order chi connectivity index (χ0) is 25.1. The van der Waals surface area contributed by atoms with Crippen molar-refractivity contribution in [3.63, 3.8) is 0 Å². The van der Waals surface area contributed by atoms with E-state index in [0.717, 1.165) is 0 Å². The number of allylic oxidation sites excluding steroid dienone is 1. The molecule has 3 aromatic rings. The highest BCUT2D eigenvalue weighted by molar-refractivity contribution is 6.50. The molecule has 0 unspecified atom stereocenters. The predicted molar refractivity (Wildman–Crippen MR) is 133 cm³/mol. The lowest BCUT2D eigenvalue weighted by molar-refractivity contribution is -0.134. The molecule has 0 radical (unpaired) electrons. The first-order valence-corrected chi connectivity index (χ1v) is 11.1. The van der Waals surface area contributed by atoms with Crippen LogP contribution in [0.4, 0.5) is 11.4 Å². The van der Waals surface area contributed by atoms with Gasteiger partial charge in [0.2, 0.25) is 17.3 Å². The maximum absolute atomic E-state index is 12.7. The fraction of sp³-hybridized carbons (Fsp3) is 0.0385. The summed E-state index contributed by atoms with van der Waals surface area (Å²) < 4.78 is 0. The molecule has 0 fully saturated rings. The molecule has 0 aliphatic heterocycles. The van der Waals surface area contributed by atoms with Gasteiger partial charge in [-0.3, -0.25) is 24.0 Å². The molecule has 1 aliphatic carbocycles. The molecule has 1 aliphatic rings. The molecule has 35 heavy (non-hydrogen) atoms. The van der Waals surface area contributed by atoms with E-state index in [-0.39, 0.29) is 21.8 Å². The number of carbonyl (C=O) groups is 5. The number of anilines is 2. The van der Waals surface area contributed by atoms with Gasteiger partial charge in [-0.15, -0.1) is 0 Å². The third-order valence-corrected chi connectivity index (χ3v) is 5.73. The molecule has 0 spiro atoms. The summed E-state index contributed by atoms with van der Waals surface area (Å²) in [6.45, 7) is 0. The van der Waals surface area contributed by atoms with Crippen molar-refractivity contribution >= 4 is 69.3 Å². The third-order valence-electron chi connectivity index (χ3n) is 5.18. The van der Waals surface area contributed by atoms with Crippen molar-refractivity contribution in [2.24, 2.45) is 0 Å². The normalized spacial score (nSPS) is 12.5. The summed E-state index contributed by atoms with van der Waals surface area (Å²) >= 11 is 11.8. The van der Waals surface area contributed by atoms with Gasteiger partial charge in [0.05, 0.1) is 22.8 Å². The topological polar surface area (TPSA) is 109 Å². The van der Waals surface area contributed by atoms with E-state index in [9.17, 15) is 24.0 Å². The van der Waals surface area contributed by atoms with Gasteiger partial charge in [-0.05, 0) is 30.3 Å². The molecule has 0 heterocycles. The van der Waals surface area contributed by atoms with Crippen molar-refractivity contribution in [3.05, 3.63) is 99.5 Å². The molecule has 0 saturated heterocycles. The van der Waals surface area contributed by atoms with Crippen LogP contribution in [0.15, 0.2) is 72.8 Å². The molecule has 0 saturated carbocycles. The third kappa shape index (κ3) is 5.37. The molecule has 0 aromatic heterocycles. The van der Waals surface area contributed by atoms with Crippen LogP contribution in [0, 0.1) is 0 Å². The number of benzene rings is 3. The number of hydrogen-bond donors (Lipinski definition) is 2. The zero-order valence-corrected chi connectivity index (χ0v) is 19.4. The number of carbonyl (C=O) groups excluding carboxylic acids is 5. The second-order valence-electron chi connectivity index (χ2n) is 7.60. The molecular weight excluding hydrogens is 491 g/mol. The number of rotatable bonds is 7. The Hall–Kier alpha value is -4.07. The molecule has 2 N–H and O–H groups in total. The van der Waals surface area contributed by atoms with Crippen molar-refractivity contribution in [1.82, 2.24) is 0 Å². The standard InChI is InChI=1S/C26H16Cl2N2O5/c27-15-8-9-20(19(28)11-15)30-26(35)24(33)13-22(31)14-4-3-5-16(10-14)29-21-12-23(32)25(34)18-7-2-1-6-17(18)21/h1-12,29H,13H2,(H,30,35). The number of nitrogens with one attached hydrogen (secondary N) is 2. The Morgan fingerprint density at radius 1 is 0.829 bits per heavy atom. The van der Waals surface area contributed by atoms with E-state index in [1.54, 1.807) is 36.4 Å². The van der Waals surface area contributed by atoms with E-state index in [2.05, 4.69) is 10.6 Å². The van der Waals surface area contributed by atoms with Crippen LogP contribution in [-0.2, 0) is 14.4 Å². The minimum absolute atomic E-state index is 0.155. The van der Waals surface area contributed by atoms with Crippen LogP contribution in [-0.4, -0.2) is 29.0 Å². The van der Waals surface area contributed by atoms with Crippen molar-refractivity contribution in [2.75, 3.05) is 10.6 Å². The van der Waals surface area contributed by atoms with Crippen LogP contribution in [0.5, 0.6) is 0 Å². The largest absolute Gasteiger partial charge is 0.355 e. The Balaban J connectivity index is 1.46. The van der Waals surface area contributed by atoms with Crippen molar-refractivity contribution in [2.45, 2.75) is 6.42 Å². The van der Waals surface area contributed by atoms with E-state index in [4.69, 9.17) is 23.2 Å². The Kier molecular flexibility index (Phi) is 6.91. The highest BCUT2D eigenvalue weighted by Gasteiger charge is 2.25. The molecule has 0 bridgehead atoms. The first kappa shape index (κ1) is 24.1. The Bertz CT molecular complexity index is 1450. The highest BCUT2D eigenvalue weighted by atomic mass is 35.5. The molecular formula is C26H16Cl2N2O5.